The van der Waals surface area contributed by atoms with Crippen LogP contribution in [0.1, 0.15) is 59.0 Å². The summed E-state index contributed by atoms with van der Waals surface area (Å²) in [6, 6.07) is 14.4. The average Bonchev–Trinajstić information content (AvgIpc) is 2.75. The lowest BCUT2D eigenvalue weighted by Gasteiger charge is -2.31. The molecule has 33 heavy (non-hydrogen) atoms. The first kappa shape index (κ1) is 22.5. The van der Waals surface area contributed by atoms with Gasteiger partial charge in [0.15, 0.2) is 5.78 Å². The van der Waals surface area contributed by atoms with E-state index in [9.17, 15) is 14.4 Å². The number of hydrogen-bond donors (Lipinski definition) is 1. The number of ether oxygens (including phenoxy) is 1. The normalized spacial score (nSPS) is 14.5. The highest BCUT2D eigenvalue weighted by Crippen LogP contribution is 2.36. The highest BCUT2D eigenvalue weighted by molar-refractivity contribution is 6.08. The summed E-state index contributed by atoms with van der Waals surface area (Å²) < 4.78 is 6.85. The van der Waals surface area contributed by atoms with Gasteiger partial charge in [0.05, 0.1) is 6.61 Å². The van der Waals surface area contributed by atoms with Crippen molar-refractivity contribution < 1.29 is 14.3 Å². The molecular weight excluding hydrogens is 416 g/mol. The molecule has 0 radical (unpaired) electrons. The Labute approximate surface area is 193 Å². The highest BCUT2D eigenvalue weighted by atomic mass is 16.5. The molecule has 1 aromatic heterocycles. The second-order valence-corrected chi connectivity index (χ2v) is 9.26. The van der Waals surface area contributed by atoms with E-state index in [0.29, 0.717) is 47.7 Å². The first-order valence-corrected chi connectivity index (χ1v) is 11.1. The Hall–Kier alpha value is -3.67. The zero-order valence-electron chi connectivity index (χ0n) is 19.4. The van der Waals surface area contributed by atoms with Crippen LogP contribution in [0.2, 0.25) is 0 Å². The first-order valence-electron chi connectivity index (χ1n) is 11.1. The molecule has 1 N–H and O–H groups in total. The van der Waals surface area contributed by atoms with Crippen molar-refractivity contribution in [1.82, 2.24) is 4.57 Å². The molecule has 0 atom stereocenters. The molecule has 0 aliphatic heterocycles. The maximum atomic E-state index is 13.6. The number of benzene rings is 2. The third-order valence-electron chi connectivity index (χ3n) is 5.88. The van der Waals surface area contributed by atoms with Crippen molar-refractivity contribution >= 4 is 17.4 Å². The minimum Gasteiger partial charge on any atom is -0.494 e. The highest BCUT2D eigenvalue weighted by Gasteiger charge is 2.36. The number of hydrogen-bond acceptors (Lipinski definition) is 4. The lowest BCUT2D eigenvalue weighted by Crippen LogP contribution is -2.37. The molecule has 2 aromatic carbocycles. The predicted molar refractivity (Wildman–Crippen MR) is 129 cm³/mol. The minimum atomic E-state index is -0.521. The summed E-state index contributed by atoms with van der Waals surface area (Å²) in [5.41, 5.74) is 2.41. The molecule has 0 fully saturated rings. The van der Waals surface area contributed by atoms with Crippen LogP contribution in [0.5, 0.6) is 5.75 Å². The fraction of sp³-hybridized carbons (Fsp3) is 0.296. The van der Waals surface area contributed by atoms with Crippen molar-refractivity contribution in [3.63, 3.8) is 0 Å². The van der Waals surface area contributed by atoms with E-state index in [-0.39, 0.29) is 16.8 Å². The monoisotopic (exact) mass is 444 g/mol. The molecule has 0 spiro atoms. The molecule has 1 aliphatic rings. The third kappa shape index (κ3) is 4.60. The van der Waals surface area contributed by atoms with Gasteiger partial charge in [0.25, 0.3) is 11.5 Å². The largest absolute Gasteiger partial charge is 0.494 e. The second kappa shape index (κ2) is 8.70. The van der Waals surface area contributed by atoms with Crippen LogP contribution < -0.4 is 15.6 Å². The van der Waals surface area contributed by atoms with Gasteiger partial charge in [-0.25, -0.2) is 0 Å². The van der Waals surface area contributed by atoms with E-state index in [4.69, 9.17) is 4.74 Å². The van der Waals surface area contributed by atoms with Crippen molar-refractivity contribution in [3.05, 3.63) is 87.3 Å². The van der Waals surface area contributed by atoms with Crippen LogP contribution >= 0.6 is 0 Å². The molecule has 6 nitrogen and oxygen atoms in total. The smallest absolute Gasteiger partial charge is 0.268 e. The molecule has 4 rings (SSSR count). The van der Waals surface area contributed by atoms with E-state index >= 15 is 0 Å². The number of anilines is 1. The van der Waals surface area contributed by atoms with E-state index in [0.717, 1.165) is 5.56 Å². The molecule has 0 bridgehead atoms. The standard InChI is InChI=1S/C27H28N2O4/c1-5-33-20-12-8-18(9-13-20)28-25(31)24-21-14-27(3,4)15-23(30)22(21)16-29(26(24)32)19-10-6-17(2)7-11-19/h6-13,16H,5,14-15H2,1-4H3,(H,28,31). The number of fused-ring (bicyclic) bond motifs is 1. The maximum absolute atomic E-state index is 13.6. The number of amides is 1. The summed E-state index contributed by atoms with van der Waals surface area (Å²) in [6.07, 6.45) is 2.43. The van der Waals surface area contributed by atoms with Crippen molar-refractivity contribution in [2.75, 3.05) is 11.9 Å². The Morgan fingerprint density at radius 3 is 2.33 bits per heavy atom. The molecule has 1 aliphatic carbocycles. The van der Waals surface area contributed by atoms with E-state index in [1.807, 2.05) is 52.0 Å². The maximum Gasteiger partial charge on any atom is 0.268 e. The van der Waals surface area contributed by atoms with Crippen molar-refractivity contribution in [2.45, 2.75) is 40.5 Å². The molecule has 1 amide bonds. The first-order chi connectivity index (χ1) is 15.7. The van der Waals surface area contributed by atoms with Gasteiger partial charge in [-0.3, -0.25) is 19.0 Å². The fourth-order valence-electron chi connectivity index (χ4n) is 4.27. The number of nitrogens with one attached hydrogen (secondary N) is 1. The Morgan fingerprint density at radius 1 is 1.03 bits per heavy atom. The zero-order chi connectivity index (χ0) is 23.8. The van der Waals surface area contributed by atoms with Crippen molar-refractivity contribution in [2.24, 2.45) is 5.41 Å². The van der Waals surface area contributed by atoms with Crippen LogP contribution in [-0.4, -0.2) is 22.9 Å². The molecule has 0 saturated heterocycles. The van der Waals surface area contributed by atoms with Crippen LogP contribution in [0.3, 0.4) is 0 Å². The summed E-state index contributed by atoms with van der Waals surface area (Å²) in [5, 5.41) is 2.83. The molecule has 6 heteroatoms. The number of nitrogens with zero attached hydrogens (tertiary/aromatic N) is 1. The molecule has 170 valence electrons. The van der Waals surface area contributed by atoms with E-state index < -0.39 is 11.5 Å². The van der Waals surface area contributed by atoms with Crippen LogP contribution in [0.15, 0.2) is 59.5 Å². The Kier molecular flexibility index (Phi) is 5.93. The van der Waals surface area contributed by atoms with Crippen LogP contribution in [-0.2, 0) is 6.42 Å². The SMILES string of the molecule is CCOc1ccc(NC(=O)c2c3c(cn(-c4ccc(C)cc4)c2=O)C(=O)CC(C)(C)C3)cc1. The van der Waals surface area contributed by atoms with Gasteiger partial charge in [-0.15, -0.1) is 0 Å². The van der Waals surface area contributed by atoms with Crippen LogP contribution in [0.4, 0.5) is 5.69 Å². The number of carbonyl (C=O) groups excluding carboxylic acids is 2. The summed E-state index contributed by atoms with van der Waals surface area (Å²) in [5.74, 6) is 0.117. The molecule has 0 saturated carbocycles. The van der Waals surface area contributed by atoms with E-state index in [1.54, 1.807) is 30.5 Å². The van der Waals surface area contributed by atoms with Gasteiger partial charge in [-0.05, 0) is 67.6 Å². The van der Waals surface area contributed by atoms with Crippen LogP contribution in [0, 0.1) is 12.3 Å². The number of ketones is 1. The number of carbonyl (C=O) groups is 2. The van der Waals surface area contributed by atoms with Gasteiger partial charge in [0, 0.05) is 29.6 Å². The van der Waals surface area contributed by atoms with Gasteiger partial charge in [-0.1, -0.05) is 31.5 Å². The quantitative estimate of drug-likeness (QED) is 0.604. The predicted octanol–water partition coefficient (Wildman–Crippen LogP) is 4.95. The molecule has 0 unspecified atom stereocenters. The van der Waals surface area contributed by atoms with Gasteiger partial charge in [0.2, 0.25) is 0 Å². The number of aryl methyl sites for hydroxylation is 1. The number of rotatable bonds is 5. The Bertz CT molecular complexity index is 1270. The van der Waals surface area contributed by atoms with Gasteiger partial charge in [-0.2, -0.15) is 0 Å². The topological polar surface area (TPSA) is 77.4 Å². The Morgan fingerprint density at radius 2 is 1.70 bits per heavy atom. The van der Waals surface area contributed by atoms with Crippen molar-refractivity contribution in [3.8, 4) is 11.4 Å². The number of pyridine rings is 1. The Balaban J connectivity index is 1.82. The fourth-order valence-corrected chi connectivity index (χ4v) is 4.27. The summed E-state index contributed by atoms with van der Waals surface area (Å²) in [6.45, 7) is 8.36. The van der Waals surface area contributed by atoms with E-state index in [1.165, 1.54) is 4.57 Å². The van der Waals surface area contributed by atoms with Crippen molar-refractivity contribution in [1.29, 1.82) is 0 Å². The lowest BCUT2D eigenvalue weighted by atomic mass is 9.73. The van der Waals surface area contributed by atoms with Gasteiger partial charge < -0.3 is 10.1 Å². The summed E-state index contributed by atoms with van der Waals surface area (Å²) >= 11 is 0. The molecule has 1 heterocycles. The van der Waals surface area contributed by atoms with Gasteiger partial charge in [0.1, 0.15) is 11.3 Å². The average molecular weight is 445 g/mol. The summed E-state index contributed by atoms with van der Waals surface area (Å²) in [4.78, 5) is 40.0. The molecular formula is C27H28N2O4. The van der Waals surface area contributed by atoms with Crippen LogP contribution in [0.25, 0.3) is 5.69 Å². The lowest BCUT2D eigenvalue weighted by molar-refractivity contribution is 0.0910. The van der Waals surface area contributed by atoms with E-state index in [2.05, 4.69) is 5.32 Å². The van der Waals surface area contributed by atoms with Gasteiger partial charge >= 0.3 is 0 Å². The number of Topliss-reactive ketones (excluding diaryl/α,β-unsaturated/α-hetero) is 1. The third-order valence-corrected chi connectivity index (χ3v) is 5.88. The number of aromatic nitrogens is 1. The summed E-state index contributed by atoms with van der Waals surface area (Å²) in [7, 11) is 0. The zero-order valence-corrected chi connectivity index (χ0v) is 19.4. The second-order valence-electron chi connectivity index (χ2n) is 9.26. The minimum absolute atomic E-state index is 0.0167. The molecule has 3 aromatic rings.